The minimum absolute atomic E-state index is 0.0577. The molecule has 1 amide bonds. The number of fused-ring (bicyclic) bond motifs is 1. The molecule has 31 heavy (non-hydrogen) atoms. The highest BCUT2D eigenvalue weighted by Crippen LogP contribution is 2.40. The Morgan fingerprint density at radius 1 is 1.03 bits per heavy atom. The Hall–Kier alpha value is -3.32. The Morgan fingerprint density at radius 2 is 1.74 bits per heavy atom. The molecule has 0 saturated heterocycles. The predicted molar refractivity (Wildman–Crippen MR) is 122 cm³/mol. The van der Waals surface area contributed by atoms with Crippen molar-refractivity contribution in [2.45, 2.75) is 26.3 Å². The number of anilines is 1. The number of amides is 1. The molecule has 2 heterocycles. The molecule has 7 heteroatoms. The third-order valence-electron chi connectivity index (χ3n) is 5.11. The first kappa shape index (κ1) is 20.9. The van der Waals surface area contributed by atoms with Gasteiger partial charge in [0.1, 0.15) is 27.5 Å². The van der Waals surface area contributed by atoms with Crippen LogP contribution in [0.2, 0.25) is 0 Å². The summed E-state index contributed by atoms with van der Waals surface area (Å²) >= 11 is 1.40. The summed E-state index contributed by atoms with van der Waals surface area (Å²) in [5, 5.41) is 0.573. The van der Waals surface area contributed by atoms with Gasteiger partial charge >= 0.3 is 0 Å². The number of thiazole rings is 1. The van der Waals surface area contributed by atoms with Gasteiger partial charge < -0.3 is 13.9 Å². The molecule has 6 nitrogen and oxygen atoms in total. The van der Waals surface area contributed by atoms with E-state index >= 15 is 0 Å². The lowest BCUT2D eigenvalue weighted by Gasteiger charge is -2.19. The summed E-state index contributed by atoms with van der Waals surface area (Å²) in [6.07, 6.45) is 2.84. The standard InChI is InChI=1S/C24H24N2O4S/c1-4-16-7-9-17(10-8-16)14-21(27)26(15-18-6-5-13-30-18)24-25-22-19(28-2)11-12-20(29-3)23(22)31-24/h5-13H,4,14-15H2,1-3H3. The number of rotatable bonds is 8. The Morgan fingerprint density at radius 3 is 2.39 bits per heavy atom. The molecule has 0 atom stereocenters. The van der Waals surface area contributed by atoms with Crippen LogP contribution in [0.3, 0.4) is 0 Å². The van der Waals surface area contributed by atoms with E-state index in [4.69, 9.17) is 18.9 Å². The SMILES string of the molecule is CCc1ccc(CC(=O)N(Cc2ccco2)c2nc3c(OC)ccc(OC)c3s2)cc1. The van der Waals surface area contributed by atoms with Gasteiger partial charge in [0, 0.05) is 0 Å². The number of hydrogen-bond donors (Lipinski definition) is 0. The third kappa shape index (κ3) is 4.41. The van der Waals surface area contributed by atoms with Crippen molar-refractivity contribution in [3.8, 4) is 11.5 Å². The molecule has 0 spiro atoms. The van der Waals surface area contributed by atoms with E-state index in [1.54, 1.807) is 25.4 Å². The first-order valence-electron chi connectivity index (χ1n) is 10.0. The van der Waals surface area contributed by atoms with Crippen LogP contribution in [-0.2, 0) is 24.2 Å². The molecule has 4 aromatic rings. The van der Waals surface area contributed by atoms with Crippen LogP contribution in [0.25, 0.3) is 10.2 Å². The second-order valence-corrected chi connectivity index (χ2v) is 8.03. The number of benzene rings is 2. The van der Waals surface area contributed by atoms with Crippen molar-refractivity contribution < 1.29 is 18.7 Å². The second-order valence-electron chi connectivity index (χ2n) is 7.05. The average molecular weight is 437 g/mol. The molecular formula is C24H24N2O4S. The van der Waals surface area contributed by atoms with Gasteiger partial charge in [0.25, 0.3) is 0 Å². The Labute approximate surface area is 185 Å². The first-order chi connectivity index (χ1) is 15.1. The topological polar surface area (TPSA) is 64.8 Å². The van der Waals surface area contributed by atoms with E-state index in [1.807, 2.05) is 36.4 Å². The molecule has 0 fully saturated rings. The number of aryl methyl sites for hydroxylation is 1. The molecule has 2 aromatic carbocycles. The van der Waals surface area contributed by atoms with Gasteiger partial charge in [-0.3, -0.25) is 9.69 Å². The summed E-state index contributed by atoms with van der Waals surface area (Å²) in [5.41, 5.74) is 2.88. The fourth-order valence-electron chi connectivity index (χ4n) is 3.37. The molecule has 4 rings (SSSR count). The highest BCUT2D eigenvalue weighted by Gasteiger charge is 2.24. The lowest BCUT2D eigenvalue weighted by Crippen LogP contribution is -2.31. The summed E-state index contributed by atoms with van der Waals surface area (Å²) in [5.74, 6) is 1.96. The highest BCUT2D eigenvalue weighted by molar-refractivity contribution is 7.22. The van der Waals surface area contributed by atoms with Crippen LogP contribution < -0.4 is 14.4 Å². The normalized spacial score (nSPS) is 10.9. The lowest BCUT2D eigenvalue weighted by molar-refractivity contribution is -0.118. The van der Waals surface area contributed by atoms with Crippen LogP contribution in [-0.4, -0.2) is 25.1 Å². The van der Waals surface area contributed by atoms with Crippen LogP contribution in [0.4, 0.5) is 5.13 Å². The van der Waals surface area contributed by atoms with E-state index in [9.17, 15) is 4.79 Å². The molecule has 0 aliphatic heterocycles. The van der Waals surface area contributed by atoms with E-state index in [-0.39, 0.29) is 12.3 Å². The molecule has 0 bridgehead atoms. The summed E-state index contributed by atoms with van der Waals surface area (Å²) in [6.45, 7) is 2.41. The molecule has 0 N–H and O–H groups in total. The molecule has 160 valence electrons. The van der Waals surface area contributed by atoms with Crippen molar-refractivity contribution in [3.63, 3.8) is 0 Å². The maximum atomic E-state index is 13.4. The minimum atomic E-state index is -0.0577. The Kier molecular flexibility index (Phi) is 6.23. The van der Waals surface area contributed by atoms with Crippen molar-refractivity contribution in [1.29, 1.82) is 0 Å². The van der Waals surface area contributed by atoms with Gasteiger partial charge in [-0.2, -0.15) is 0 Å². The van der Waals surface area contributed by atoms with Crippen molar-refractivity contribution >= 4 is 32.6 Å². The van der Waals surface area contributed by atoms with Gasteiger partial charge in [-0.1, -0.05) is 42.5 Å². The fraction of sp³-hybridized carbons (Fsp3) is 0.250. The summed E-state index contributed by atoms with van der Waals surface area (Å²) in [4.78, 5) is 19.8. The highest BCUT2D eigenvalue weighted by atomic mass is 32.1. The molecule has 2 aromatic heterocycles. The summed E-state index contributed by atoms with van der Waals surface area (Å²) in [6, 6.07) is 15.5. The van der Waals surface area contributed by atoms with Crippen molar-refractivity contribution in [2.75, 3.05) is 19.1 Å². The Balaban J connectivity index is 1.71. The maximum absolute atomic E-state index is 13.4. The van der Waals surface area contributed by atoms with Crippen molar-refractivity contribution in [3.05, 3.63) is 71.7 Å². The molecule has 0 radical (unpaired) electrons. The quantitative estimate of drug-likeness (QED) is 0.378. The van der Waals surface area contributed by atoms with Crippen molar-refractivity contribution in [2.24, 2.45) is 0 Å². The van der Waals surface area contributed by atoms with Gasteiger partial charge in [-0.15, -0.1) is 0 Å². The number of nitrogens with zero attached hydrogens (tertiary/aromatic N) is 2. The molecule has 0 unspecified atom stereocenters. The van der Waals surface area contributed by atoms with E-state index < -0.39 is 0 Å². The smallest absolute Gasteiger partial charge is 0.233 e. The van der Waals surface area contributed by atoms with Crippen LogP contribution in [0.1, 0.15) is 23.8 Å². The number of furan rings is 1. The van der Waals surface area contributed by atoms with Crippen LogP contribution in [0.15, 0.2) is 59.2 Å². The fourth-order valence-corrected chi connectivity index (χ4v) is 4.46. The zero-order valence-electron chi connectivity index (χ0n) is 17.8. The average Bonchev–Trinajstić information content (AvgIpc) is 3.47. The van der Waals surface area contributed by atoms with Gasteiger partial charge in [0.05, 0.1) is 33.4 Å². The molecule has 0 saturated carbocycles. The summed E-state index contributed by atoms with van der Waals surface area (Å²) in [7, 11) is 3.22. The molecule has 0 aliphatic rings. The van der Waals surface area contributed by atoms with Crippen molar-refractivity contribution in [1.82, 2.24) is 4.98 Å². The van der Waals surface area contributed by atoms with Gasteiger partial charge in [0.15, 0.2) is 5.13 Å². The van der Waals surface area contributed by atoms with E-state index in [0.717, 1.165) is 16.7 Å². The maximum Gasteiger partial charge on any atom is 0.233 e. The van der Waals surface area contributed by atoms with Gasteiger partial charge in [0.2, 0.25) is 5.91 Å². The summed E-state index contributed by atoms with van der Waals surface area (Å²) < 4.78 is 17.3. The van der Waals surface area contributed by atoms with Crippen LogP contribution >= 0.6 is 11.3 Å². The number of hydrogen-bond acceptors (Lipinski definition) is 6. The van der Waals surface area contributed by atoms with E-state index in [1.165, 1.54) is 16.9 Å². The Bertz CT molecular complexity index is 1130. The van der Waals surface area contributed by atoms with Gasteiger partial charge in [-0.25, -0.2) is 4.98 Å². The number of aromatic nitrogens is 1. The largest absolute Gasteiger partial charge is 0.495 e. The van der Waals surface area contributed by atoms with Crippen LogP contribution in [0.5, 0.6) is 11.5 Å². The second kappa shape index (κ2) is 9.22. The zero-order valence-corrected chi connectivity index (χ0v) is 18.6. The molecule has 0 aliphatic carbocycles. The monoisotopic (exact) mass is 436 g/mol. The van der Waals surface area contributed by atoms with E-state index in [0.29, 0.717) is 34.5 Å². The number of carbonyl (C=O) groups excluding carboxylic acids is 1. The van der Waals surface area contributed by atoms with E-state index in [2.05, 4.69) is 19.1 Å². The number of ether oxygens (including phenoxy) is 2. The minimum Gasteiger partial charge on any atom is -0.495 e. The van der Waals surface area contributed by atoms with Crippen LogP contribution in [0, 0.1) is 0 Å². The predicted octanol–water partition coefficient (Wildman–Crippen LogP) is 5.24. The third-order valence-corrected chi connectivity index (χ3v) is 6.20. The number of carbonyl (C=O) groups is 1. The lowest BCUT2D eigenvalue weighted by atomic mass is 10.1. The molecular weight excluding hydrogens is 412 g/mol. The number of methoxy groups -OCH3 is 2. The first-order valence-corrected chi connectivity index (χ1v) is 10.9. The zero-order chi connectivity index (χ0) is 21.8. The van der Waals surface area contributed by atoms with Gasteiger partial charge in [-0.05, 0) is 41.8 Å².